The van der Waals surface area contributed by atoms with Gasteiger partial charge in [-0.2, -0.15) is 0 Å². The lowest BCUT2D eigenvalue weighted by Crippen LogP contribution is -2.41. The van der Waals surface area contributed by atoms with Crippen molar-refractivity contribution >= 4 is 23.6 Å². The SMILES string of the molecule is CC(=O)NC(CSc1nc(C)co1)C(=O)O. The molecule has 2 N–H and O–H groups in total. The monoisotopic (exact) mass is 244 g/mol. The molecule has 6 nitrogen and oxygen atoms in total. The van der Waals surface area contributed by atoms with Crippen molar-refractivity contribution in [2.24, 2.45) is 0 Å². The molecule has 1 amide bonds. The number of hydrogen-bond acceptors (Lipinski definition) is 5. The fourth-order valence-electron chi connectivity index (χ4n) is 0.973. The van der Waals surface area contributed by atoms with Gasteiger partial charge in [-0.1, -0.05) is 11.8 Å². The zero-order chi connectivity index (χ0) is 12.1. The van der Waals surface area contributed by atoms with Crippen LogP contribution >= 0.6 is 11.8 Å². The van der Waals surface area contributed by atoms with Crippen LogP contribution in [0.3, 0.4) is 0 Å². The zero-order valence-electron chi connectivity index (χ0n) is 8.89. The van der Waals surface area contributed by atoms with Gasteiger partial charge in [0.15, 0.2) is 0 Å². The molecular weight excluding hydrogens is 232 g/mol. The maximum absolute atomic E-state index is 10.8. The van der Waals surface area contributed by atoms with E-state index in [4.69, 9.17) is 9.52 Å². The molecule has 16 heavy (non-hydrogen) atoms. The predicted molar refractivity (Wildman–Crippen MR) is 57.2 cm³/mol. The number of carboxylic acid groups (broad SMARTS) is 1. The molecule has 7 heteroatoms. The summed E-state index contributed by atoms with van der Waals surface area (Å²) in [6.45, 7) is 3.05. The summed E-state index contributed by atoms with van der Waals surface area (Å²) < 4.78 is 5.05. The Labute approximate surface area is 96.4 Å². The number of nitrogens with zero attached hydrogens (tertiary/aromatic N) is 1. The predicted octanol–water partition coefficient (Wildman–Crippen LogP) is 0.664. The quantitative estimate of drug-likeness (QED) is 0.739. The summed E-state index contributed by atoms with van der Waals surface area (Å²) in [6.07, 6.45) is 1.48. The van der Waals surface area contributed by atoms with E-state index in [-0.39, 0.29) is 11.7 Å². The molecule has 0 aliphatic carbocycles. The molecule has 0 radical (unpaired) electrons. The number of hydrogen-bond donors (Lipinski definition) is 2. The van der Waals surface area contributed by atoms with Crippen LogP contribution in [0.25, 0.3) is 0 Å². The van der Waals surface area contributed by atoms with Gasteiger partial charge in [0, 0.05) is 12.7 Å². The number of aromatic nitrogens is 1. The van der Waals surface area contributed by atoms with Gasteiger partial charge in [-0.25, -0.2) is 9.78 Å². The average Bonchev–Trinajstić information content (AvgIpc) is 2.58. The molecule has 0 aliphatic heterocycles. The van der Waals surface area contributed by atoms with Crippen molar-refractivity contribution < 1.29 is 19.1 Å². The summed E-state index contributed by atoms with van der Waals surface area (Å²) in [4.78, 5) is 25.5. The van der Waals surface area contributed by atoms with Gasteiger partial charge in [-0.15, -0.1) is 0 Å². The molecule has 1 unspecified atom stereocenters. The summed E-state index contributed by atoms with van der Waals surface area (Å²) in [7, 11) is 0. The maximum Gasteiger partial charge on any atom is 0.327 e. The van der Waals surface area contributed by atoms with Gasteiger partial charge in [0.05, 0.1) is 5.69 Å². The summed E-state index contributed by atoms with van der Waals surface area (Å²) in [6, 6.07) is -0.935. The van der Waals surface area contributed by atoms with Gasteiger partial charge in [-0.05, 0) is 6.92 Å². The molecule has 0 fully saturated rings. The smallest absolute Gasteiger partial charge is 0.327 e. The van der Waals surface area contributed by atoms with Crippen LogP contribution in [0.4, 0.5) is 0 Å². The Morgan fingerprint density at radius 2 is 2.38 bits per heavy atom. The first-order valence-electron chi connectivity index (χ1n) is 4.54. The molecule has 0 saturated carbocycles. The number of rotatable bonds is 5. The zero-order valence-corrected chi connectivity index (χ0v) is 9.71. The Morgan fingerprint density at radius 3 is 2.81 bits per heavy atom. The number of aliphatic carboxylic acids is 1. The second-order valence-electron chi connectivity index (χ2n) is 3.16. The van der Waals surface area contributed by atoms with Crippen molar-refractivity contribution in [3.8, 4) is 0 Å². The van der Waals surface area contributed by atoms with E-state index in [9.17, 15) is 9.59 Å². The number of carbonyl (C=O) groups excluding carboxylic acids is 1. The topological polar surface area (TPSA) is 92.4 Å². The standard InChI is InChI=1S/C9H12N2O4S/c1-5-3-15-9(10-5)16-4-7(8(13)14)11-6(2)12/h3,7H,4H2,1-2H3,(H,11,12)(H,13,14). The number of thioether (sulfide) groups is 1. The Morgan fingerprint density at radius 1 is 1.69 bits per heavy atom. The molecule has 0 saturated heterocycles. The lowest BCUT2D eigenvalue weighted by Gasteiger charge is -2.10. The molecular formula is C9H12N2O4S. The Balaban J connectivity index is 2.50. The van der Waals surface area contributed by atoms with Gasteiger partial charge in [-0.3, -0.25) is 4.79 Å². The van der Waals surface area contributed by atoms with E-state index >= 15 is 0 Å². The molecule has 1 heterocycles. The summed E-state index contributed by atoms with van der Waals surface area (Å²) >= 11 is 1.15. The van der Waals surface area contributed by atoms with E-state index in [2.05, 4.69) is 10.3 Å². The maximum atomic E-state index is 10.8. The summed E-state index contributed by atoms with van der Waals surface area (Å²) in [5.74, 6) is -1.28. The minimum Gasteiger partial charge on any atom is -0.480 e. The van der Waals surface area contributed by atoms with Crippen LogP contribution in [-0.4, -0.2) is 33.8 Å². The van der Waals surface area contributed by atoms with Crippen LogP contribution in [0.5, 0.6) is 0 Å². The minimum atomic E-state index is -1.08. The molecule has 0 bridgehead atoms. The van der Waals surface area contributed by atoms with Crippen molar-refractivity contribution in [2.45, 2.75) is 25.1 Å². The van der Waals surface area contributed by atoms with Gasteiger partial charge >= 0.3 is 5.97 Å². The van der Waals surface area contributed by atoms with Gasteiger partial charge in [0.1, 0.15) is 12.3 Å². The van der Waals surface area contributed by atoms with Crippen LogP contribution in [0, 0.1) is 6.92 Å². The second kappa shape index (κ2) is 5.55. The largest absolute Gasteiger partial charge is 0.480 e. The van der Waals surface area contributed by atoms with Crippen LogP contribution < -0.4 is 5.32 Å². The minimum absolute atomic E-state index is 0.175. The summed E-state index contributed by atoms with van der Waals surface area (Å²) in [5.41, 5.74) is 0.730. The number of carbonyl (C=O) groups is 2. The van der Waals surface area contributed by atoms with Crippen molar-refractivity contribution in [3.05, 3.63) is 12.0 Å². The lowest BCUT2D eigenvalue weighted by atomic mass is 10.3. The number of carboxylic acids is 1. The molecule has 1 aromatic rings. The molecule has 0 aliphatic rings. The number of aryl methyl sites for hydroxylation is 1. The van der Waals surface area contributed by atoms with E-state index in [0.717, 1.165) is 17.5 Å². The highest BCUT2D eigenvalue weighted by atomic mass is 32.2. The van der Waals surface area contributed by atoms with Gasteiger partial charge < -0.3 is 14.8 Å². The molecule has 1 aromatic heterocycles. The Kier molecular flexibility index (Phi) is 4.36. The van der Waals surface area contributed by atoms with E-state index in [1.54, 1.807) is 6.92 Å². The molecule has 1 atom stereocenters. The third-order valence-corrected chi connectivity index (χ3v) is 2.58. The fraction of sp³-hybridized carbons (Fsp3) is 0.444. The van der Waals surface area contributed by atoms with Crippen LogP contribution in [0.15, 0.2) is 15.9 Å². The van der Waals surface area contributed by atoms with Crippen LogP contribution in [-0.2, 0) is 9.59 Å². The third kappa shape index (κ3) is 3.93. The van der Waals surface area contributed by atoms with Crippen LogP contribution in [0.1, 0.15) is 12.6 Å². The molecule has 1 rings (SSSR count). The second-order valence-corrected chi connectivity index (χ2v) is 4.13. The first-order valence-corrected chi connectivity index (χ1v) is 5.52. The Hall–Kier alpha value is -1.50. The van der Waals surface area contributed by atoms with Crippen molar-refractivity contribution in [2.75, 3.05) is 5.75 Å². The van der Waals surface area contributed by atoms with E-state index in [0.29, 0.717) is 5.22 Å². The highest BCUT2D eigenvalue weighted by Crippen LogP contribution is 2.17. The van der Waals surface area contributed by atoms with Crippen LogP contribution in [0.2, 0.25) is 0 Å². The average molecular weight is 244 g/mol. The van der Waals surface area contributed by atoms with Crippen molar-refractivity contribution in [1.82, 2.24) is 10.3 Å². The first kappa shape index (κ1) is 12.6. The molecule has 0 spiro atoms. The van der Waals surface area contributed by atoms with E-state index < -0.39 is 12.0 Å². The fourth-order valence-corrected chi connectivity index (χ4v) is 1.83. The Bertz CT molecular complexity index is 391. The van der Waals surface area contributed by atoms with E-state index in [1.165, 1.54) is 13.2 Å². The third-order valence-electron chi connectivity index (χ3n) is 1.65. The normalized spacial score (nSPS) is 12.1. The number of oxazole rings is 1. The highest BCUT2D eigenvalue weighted by molar-refractivity contribution is 7.99. The summed E-state index contributed by atoms with van der Waals surface area (Å²) in [5, 5.41) is 11.6. The van der Waals surface area contributed by atoms with Crippen molar-refractivity contribution in [1.29, 1.82) is 0 Å². The van der Waals surface area contributed by atoms with Crippen molar-refractivity contribution in [3.63, 3.8) is 0 Å². The van der Waals surface area contributed by atoms with Gasteiger partial charge in [0.2, 0.25) is 5.91 Å². The first-order chi connectivity index (χ1) is 7.49. The lowest BCUT2D eigenvalue weighted by molar-refractivity contribution is -0.140. The number of amides is 1. The van der Waals surface area contributed by atoms with Gasteiger partial charge in [0.25, 0.3) is 5.22 Å². The molecule has 0 aromatic carbocycles. The van der Waals surface area contributed by atoms with E-state index in [1.807, 2.05) is 0 Å². The highest BCUT2D eigenvalue weighted by Gasteiger charge is 2.19. The number of nitrogens with one attached hydrogen (secondary N) is 1. The molecule has 88 valence electrons.